The molecule has 2 rings (SSSR count). The van der Waals surface area contributed by atoms with E-state index in [1.54, 1.807) is 19.1 Å². The Morgan fingerprint density at radius 3 is 2.72 bits per heavy atom. The maximum Gasteiger partial charge on any atom is 0.224 e. The lowest BCUT2D eigenvalue weighted by atomic mass is 9.96. The second kappa shape index (κ2) is 10.0. The van der Waals surface area contributed by atoms with Crippen LogP contribution in [0.5, 0.6) is 5.75 Å². The van der Waals surface area contributed by atoms with Crippen molar-refractivity contribution in [3.8, 4) is 5.75 Å². The van der Waals surface area contributed by atoms with E-state index in [1.807, 2.05) is 24.3 Å². The van der Waals surface area contributed by atoms with Crippen LogP contribution in [-0.2, 0) is 20.7 Å². The molecule has 2 amide bonds. The summed E-state index contributed by atoms with van der Waals surface area (Å²) in [6.45, 7) is 2.19. The fourth-order valence-corrected chi connectivity index (χ4v) is 2.99. The first kappa shape index (κ1) is 19.2. The quantitative estimate of drug-likeness (QED) is 0.689. The minimum atomic E-state index is -0.115. The number of rotatable bonds is 9. The number of piperidine rings is 1. The number of carbonyl (C=O) groups is 2. The largest absolute Gasteiger partial charge is 0.497 e. The third kappa shape index (κ3) is 6.05. The summed E-state index contributed by atoms with van der Waals surface area (Å²) in [4.78, 5) is 25.9. The van der Waals surface area contributed by atoms with Crippen LogP contribution in [0.25, 0.3) is 0 Å². The Hall–Kier alpha value is -2.08. The van der Waals surface area contributed by atoms with Crippen molar-refractivity contribution in [2.45, 2.75) is 25.7 Å². The lowest BCUT2D eigenvalue weighted by Gasteiger charge is -2.31. The molecule has 0 radical (unpaired) electrons. The predicted octanol–water partition coefficient (Wildman–Crippen LogP) is 1.63. The Morgan fingerprint density at radius 2 is 2.04 bits per heavy atom. The van der Waals surface area contributed by atoms with E-state index in [4.69, 9.17) is 9.47 Å². The monoisotopic (exact) mass is 348 g/mol. The molecule has 1 atom stereocenters. The van der Waals surface area contributed by atoms with Crippen LogP contribution in [0.2, 0.25) is 0 Å². The molecule has 0 unspecified atom stereocenters. The van der Waals surface area contributed by atoms with E-state index in [-0.39, 0.29) is 17.7 Å². The molecule has 1 heterocycles. The first-order valence-electron chi connectivity index (χ1n) is 8.81. The van der Waals surface area contributed by atoms with Gasteiger partial charge in [-0.25, -0.2) is 0 Å². The highest BCUT2D eigenvalue weighted by Crippen LogP contribution is 2.18. The summed E-state index contributed by atoms with van der Waals surface area (Å²) in [5, 5.41) is 3.00. The molecule has 1 aliphatic rings. The van der Waals surface area contributed by atoms with Gasteiger partial charge in [-0.15, -0.1) is 0 Å². The number of nitrogens with zero attached hydrogens (tertiary/aromatic N) is 1. The number of aryl methyl sites for hydroxylation is 1. The van der Waals surface area contributed by atoms with Crippen molar-refractivity contribution in [1.82, 2.24) is 10.2 Å². The van der Waals surface area contributed by atoms with Gasteiger partial charge in [0.2, 0.25) is 11.8 Å². The first-order chi connectivity index (χ1) is 12.1. The smallest absolute Gasteiger partial charge is 0.224 e. The summed E-state index contributed by atoms with van der Waals surface area (Å²) in [5.41, 5.74) is 1.23. The molecular formula is C19H28N2O4. The number of hydrogen-bond acceptors (Lipinski definition) is 4. The second-order valence-corrected chi connectivity index (χ2v) is 6.31. The summed E-state index contributed by atoms with van der Waals surface area (Å²) in [6, 6.07) is 7.98. The molecule has 1 N–H and O–H groups in total. The van der Waals surface area contributed by atoms with E-state index in [1.165, 1.54) is 5.56 Å². The molecule has 0 spiro atoms. The van der Waals surface area contributed by atoms with Gasteiger partial charge in [-0.2, -0.15) is 0 Å². The van der Waals surface area contributed by atoms with Crippen LogP contribution in [0.1, 0.15) is 24.8 Å². The summed E-state index contributed by atoms with van der Waals surface area (Å²) >= 11 is 0. The number of benzene rings is 1. The van der Waals surface area contributed by atoms with Gasteiger partial charge in [0.05, 0.1) is 19.6 Å². The van der Waals surface area contributed by atoms with Gasteiger partial charge in [0, 0.05) is 33.2 Å². The maximum absolute atomic E-state index is 12.3. The van der Waals surface area contributed by atoms with Crippen molar-refractivity contribution < 1.29 is 19.1 Å². The highest BCUT2D eigenvalue weighted by atomic mass is 16.5. The Balaban J connectivity index is 1.69. The minimum absolute atomic E-state index is 0.0460. The van der Waals surface area contributed by atoms with Crippen molar-refractivity contribution in [3.63, 3.8) is 0 Å². The molecule has 25 heavy (non-hydrogen) atoms. The Kier molecular flexibility index (Phi) is 7.73. The molecule has 1 aromatic carbocycles. The van der Waals surface area contributed by atoms with Gasteiger partial charge >= 0.3 is 0 Å². The molecule has 138 valence electrons. The van der Waals surface area contributed by atoms with E-state index in [2.05, 4.69) is 5.32 Å². The van der Waals surface area contributed by atoms with Crippen LogP contribution in [0.15, 0.2) is 24.3 Å². The van der Waals surface area contributed by atoms with Crippen LogP contribution in [0, 0.1) is 5.92 Å². The zero-order valence-corrected chi connectivity index (χ0v) is 15.1. The molecule has 1 saturated heterocycles. The standard InChI is InChI=1S/C19H28N2O4/c1-24-13-12-21-14-16(7-10-18(21)22)19(23)20-11-3-4-15-5-8-17(25-2)9-6-15/h5-6,8-9,16H,3-4,7,10-14H2,1-2H3,(H,20,23)/t16-/m1/s1. The molecule has 1 fully saturated rings. The molecule has 6 nitrogen and oxygen atoms in total. The first-order valence-corrected chi connectivity index (χ1v) is 8.81. The van der Waals surface area contributed by atoms with Crippen molar-refractivity contribution in [2.24, 2.45) is 5.92 Å². The van der Waals surface area contributed by atoms with Crippen molar-refractivity contribution in [2.75, 3.05) is 40.5 Å². The number of carbonyl (C=O) groups excluding carboxylic acids is 2. The summed E-state index contributed by atoms with van der Waals surface area (Å²) in [6.07, 6.45) is 2.87. The average molecular weight is 348 g/mol. The highest BCUT2D eigenvalue weighted by molar-refractivity contribution is 5.83. The van der Waals surface area contributed by atoms with Crippen molar-refractivity contribution >= 4 is 11.8 Å². The van der Waals surface area contributed by atoms with Crippen molar-refractivity contribution in [1.29, 1.82) is 0 Å². The van der Waals surface area contributed by atoms with Crippen LogP contribution < -0.4 is 10.1 Å². The van der Waals surface area contributed by atoms with E-state index in [9.17, 15) is 9.59 Å². The number of ether oxygens (including phenoxy) is 2. The average Bonchev–Trinajstić information content (AvgIpc) is 2.65. The maximum atomic E-state index is 12.3. The number of amides is 2. The molecule has 0 aliphatic carbocycles. The topological polar surface area (TPSA) is 67.9 Å². The molecular weight excluding hydrogens is 320 g/mol. The van der Waals surface area contributed by atoms with E-state index >= 15 is 0 Å². The molecule has 1 aromatic rings. The Bertz CT molecular complexity index is 559. The number of likely N-dealkylation sites (tertiary alicyclic amines) is 1. The summed E-state index contributed by atoms with van der Waals surface area (Å²) in [7, 11) is 3.27. The Morgan fingerprint density at radius 1 is 1.28 bits per heavy atom. The van der Waals surface area contributed by atoms with Gasteiger partial charge < -0.3 is 19.7 Å². The van der Waals surface area contributed by atoms with Crippen molar-refractivity contribution in [3.05, 3.63) is 29.8 Å². The predicted molar refractivity (Wildman–Crippen MR) is 95.5 cm³/mol. The molecule has 1 aliphatic heterocycles. The van der Waals surface area contributed by atoms with E-state index < -0.39 is 0 Å². The summed E-state index contributed by atoms with van der Waals surface area (Å²) < 4.78 is 10.2. The fourth-order valence-electron chi connectivity index (χ4n) is 2.99. The normalized spacial score (nSPS) is 17.4. The van der Waals surface area contributed by atoms with Gasteiger partial charge in [0.1, 0.15) is 5.75 Å². The third-order valence-electron chi connectivity index (χ3n) is 4.54. The van der Waals surface area contributed by atoms with Crippen LogP contribution in [0.3, 0.4) is 0 Å². The minimum Gasteiger partial charge on any atom is -0.497 e. The number of nitrogens with one attached hydrogen (secondary N) is 1. The lowest BCUT2D eigenvalue weighted by molar-refractivity contribution is -0.138. The fraction of sp³-hybridized carbons (Fsp3) is 0.579. The Labute approximate surface area is 149 Å². The van der Waals surface area contributed by atoms with Gasteiger partial charge in [0.25, 0.3) is 0 Å². The highest BCUT2D eigenvalue weighted by Gasteiger charge is 2.29. The zero-order valence-electron chi connectivity index (χ0n) is 15.1. The number of hydrogen-bond donors (Lipinski definition) is 1. The molecule has 0 bridgehead atoms. The zero-order chi connectivity index (χ0) is 18.1. The van der Waals surface area contributed by atoms with Gasteiger partial charge in [-0.1, -0.05) is 12.1 Å². The molecule has 0 saturated carbocycles. The SMILES string of the molecule is COCCN1C[C@H](C(=O)NCCCc2ccc(OC)cc2)CCC1=O. The van der Waals surface area contributed by atoms with Crippen LogP contribution in [0.4, 0.5) is 0 Å². The van der Waals surface area contributed by atoms with E-state index in [0.717, 1.165) is 18.6 Å². The van der Waals surface area contributed by atoms with Gasteiger partial charge in [-0.05, 0) is 37.0 Å². The van der Waals surface area contributed by atoms with Gasteiger partial charge in [0.15, 0.2) is 0 Å². The van der Waals surface area contributed by atoms with Crippen LogP contribution in [-0.4, -0.2) is 57.2 Å². The lowest BCUT2D eigenvalue weighted by Crippen LogP contribution is -2.46. The van der Waals surface area contributed by atoms with Gasteiger partial charge in [-0.3, -0.25) is 9.59 Å². The van der Waals surface area contributed by atoms with Crippen LogP contribution >= 0.6 is 0 Å². The summed E-state index contributed by atoms with van der Waals surface area (Å²) in [5.74, 6) is 0.891. The third-order valence-corrected chi connectivity index (χ3v) is 4.54. The molecule has 6 heteroatoms. The second-order valence-electron chi connectivity index (χ2n) is 6.31. The molecule has 0 aromatic heterocycles. The van der Waals surface area contributed by atoms with E-state index in [0.29, 0.717) is 39.1 Å². The number of methoxy groups -OCH3 is 2.